The van der Waals surface area contributed by atoms with Gasteiger partial charge in [0.05, 0.1) is 29.1 Å². The van der Waals surface area contributed by atoms with Crippen LogP contribution in [0.15, 0.2) is 35.2 Å². The lowest BCUT2D eigenvalue weighted by Crippen LogP contribution is -2.18. The van der Waals surface area contributed by atoms with Crippen LogP contribution in [-0.4, -0.2) is 12.4 Å². The van der Waals surface area contributed by atoms with Gasteiger partial charge >= 0.3 is 0 Å². The van der Waals surface area contributed by atoms with Gasteiger partial charge in [-0.1, -0.05) is 0 Å². The summed E-state index contributed by atoms with van der Waals surface area (Å²) in [5, 5.41) is 0. The van der Waals surface area contributed by atoms with Gasteiger partial charge in [0.2, 0.25) is 0 Å². The van der Waals surface area contributed by atoms with Crippen LogP contribution in [0.25, 0.3) is 0 Å². The van der Waals surface area contributed by atoms with Crippen LogP contribution in [0.1, 0.15) is 28.8 Å². The minimum absolute atomic E-state index is 0.0107. The van der Waals surface area contributed by atoms with E-state index in [0.29, 0.717) is 18.1 Å². The number of alkyl halides is 2. The third-order valence-electron chi connectivity index (χ3n) is 3.31. The summed E-state index contributed by atoms with van der Waals surface area (Å²) in [6, 6.07) is 5.22. The highest BCUT2D eigenvalue weighted by molar-refractivity contribution is 7.95. The first kappa shape index (κ1) is 16.6. The largest absolute Gasteiger partial charge is 0.492 e. The Balaban J connectivity index is 1.93. The van der Waals surface area contributed by atoms with E-state index < -0.39 is 29.4 Å². The second kappa shape index (κ2) is 6.72. The van der Waals surface area contributed by atoms with E-state index in [-0.39, 0.29) is 35.0 Å². The summed E-state index contributed by atoms with van der Waals surface area (Å²) in [6.45, 7) is 0.139. The van der Waals surface area contributed by atoms with Crippen molar-refractivity contribution in [3.05, 3.63) is 53.1 Å². The molecule has 0 bridgehead atoms. The molecule has 1 aliphatic rings. The third-order valence-corrected chi connectivity index (χ3v) is 4.13. The lowest BCUT2D eigenvalue weighted by Gasteiger charge is -2.21. The molecule has 3 nitrogen and oxygen atoms in total. The predicted octanol–water partition coefficient (Wildman–Crippen LogP) is 4.95. The molecule has 2 aromatic rings. The molecule has 126 valence electrons. The molecule has 0 amide bonds. The predicted molar refractivity (Wildman–Crippen MR) is 78.7 cm³/mol. The smallest absolute Gasteiger partial charge is 0.265 e. The molecule has 0 fully saturated rings. The van der Waals surface area contributed by atoms with Crippen molar-refractivity contribution in [2.45, 2.75) is 17.7 Å². The van der Waals surface area contributed by atoms with Crippen molar-refractivity contribution < 1.29 is 31.3 Å². The minimum atomic E-state index is -2.93. The number of fused-ring (bicyclic) bond motifs is 1. The summed E-state index contributed by atoms with van der Waals surface area (Å²) < 4.78 is 63.5. The van der Waals surface area contributed by atoms with Crippen molar-refractivity contribution in [1.82, 2.24) is 0 Å². The van der Waals surface area contributed by atoms with Crippen molar-refractivity contribution in [1.29, 1.82) is 0 Å². The van der Waals surface area contributed by atoms with Crippen LogP contribution < -0.4 is 8.92 Å². The van der Waals surface area contributed by atoms with Crippen LogP contribution in [0.3, 0.4) is 0 Å². The van der Waals surface area contributed by atoms with Gasteiger partial charge in [-0.2, -0.15) is 0 Å². The average molecular weight is 358 g/mol. The number of ether oxygens (including phenoxy) is 1. The second-order valence-corrected chi connectivity index (χ2v) is 5.72. The van der Waals surface area contributed by atoms with Gasteiger partial charge in [-0.3, -0.25) is 4.79 Å². The molecule has 0 atom stereocenters. The second-order valence-electron chi connectivity index (χ2n) is 4.94. The summed E-state index contributed by atoms with van der Waals surface area (Å²) in [5.74, 6) is -2.21. The van der Waals surface area contributed by atoms with E-state index in [4.69, 9.17) is 8.92 Å². The summed E-state index contributed by atoms with van der Waals surface area (Å²) >= 11 is 0.500. The maximum Gasteiger partial charge on any atom is 0.265 e. The van der Waals surface area contributed by atoms with Crippen molar-refractivity contribution in [2.24, 2.45) is 0 Å². The number of halogens is 4. The summed E-state index contributed by atoms with van der Waals surface area (Å²) in [6.07, 6.45) is -2.92. The van der Waals surface area contributed by atoms with E-state index in [0.717, 1.165) is 12.1 Å². The molecule has 3 rings (SSSR count). The zero-order chi connectivity index (χ0) is 17.3. The van der Waals surface area contributed by atoms with E-state index in [9.17, 15) is 22.4 Å². The van der Waals surface area contributed by atoms with Crippen molar-refractivity contribution in [3.8, 4) is 11.5 Å². The number of benzene rings is 2. The van der Waals surface area contributed by atoms with Gasteiger partial charge < -0.3 is 8.92 Å². The number of rotatable bonds is 4. The van der Waals surface area contributed by atoms with E-state index >= 15 is 0 Å². The molecule has 0 saturated heterocycles. The first-order valence-electron chi connectivity index (χ1n) is 6.87. The molecule has 0 aliphatic carbocycles. The van der Waals surface area contributed by atoms with Gasteiger partial charge in [-0.05, 0) is 12.1 Å². The SMILES string of the molecule is O=C1CCOc2ccc(SOc3cc(F)cc(F)c3)c(C(F)F)c21. The zero-order valence-corrected chi connectivity index (χ0v) is 12.8. The van der Waals surface area contributed by atoms with Gasteiger partial charge in [-0.25, -0.2) is 17.6 Å². The van der Waals surface area contributed by atoms with Crippen molar-refractivity contribution in [2.75, 3.05) is 6.61 Å². The average Bonchev–Trinajstić information content (AvgIpc) is 2.51. The van der Waals surface area contributed by atoms with Crippen molar-refractivity contribution in [3.63, 3.8) is 0 Å². The van der Waals surface area contributed by atoms with Crippen molar-refractivity contribution >= 4 is 17.8 Å². The minimum Gasteiger partial charge on any atom is -0.492 e. The van der Waals surface area contributed by atoms with Crippen LogP contribution >= 0.6 is 12.0 Å². The quantitative estimate of drug-likeness (QED) is 0.572. The molecule has 0 saturated carbocycles. The summed E-state index contributed by atoms with van der Waals surface area (Å²) in [5.41, 5.74) is -0.672. The number of Topliss-reactive ketones (excluding diaryl/α,β-unsaturated/α-hetero) is 1. The molecule has 1 aliphatic heterocycles. The van der Waals surface area contributed by atoms with Crippen LogP contribution in [0.5, 0.6) is 11.5 Å². The molecule has 0 aromatic heterocycles. The van der Waals surface area contributed by atoms with Gasteiger partial charge in [0.25, 0.3) is 6.43 Å². The molecule has 0 radical (unpaired) electrons. The van der Waals surface area contributed by atoms with Gasteiger partial charge in [-0.15, -0.1) is 0 Å². The highest BCUT2D eigenvalue weighted by Crippen LogP contribution is 2.40. The zero-order valence-electron chi connectivity index (χ0n) is 12.0. The number of carbonyl (C=O) groups is 1. The topological polar surface area (TPSA) is 35.5 Å². The molecule has 2 aromatic carbocycles. The monoisotopic (exact) mass is 358 g/mol. The Morgan fingerprint density at radius 2 is 1.83 bits per heavy atom. The Bertz CT molecular complexity index is 775. The third kappa shape index (κ3) is 3.33. The first-order chi connectivity index (χ1) is 11.5. The Morgan fingerprint density at radius 1 is 1.12 bits per heavy atom. The molecule has 0 unspecified atom stereocenters. The number of hydrogen-bond acceptors (Lipinski definition) is 4. The van der Waals surface area contributed by atoms with Crippen LogP contribution in [0.4, 0.5) is 17.6 Å². The highest BCUT2D eigenvalue weighted by Gasteiger charge is 2.29. The molecule has 0 N–H and O–H groups in total. The maximum atomic E-state index is 13.4. The normalized spacial score (nSPS) is 13.6. The Morgan fingerprint density at radius 3 is 2.50 bits per heavy atom. The fourth-order valence-corrected chi connectivity index (χ4v) is 3.01. The van der Waals surface area contributed by atoms with Crippen LogP contribution in [0, 0.1) is 11.6 Å². The van der Waals surface area contributed by atoms with E-state index in [1.807, 2.05) is 0 Å². The van der Waals surface area contributed by atoms with Gasteiger partial charge in [0.1, 0.15) is 23.1 Å². The molecule has 0 spiro atoms. The molecule has 1 heterocycles. The first-order valence-corrected chi connectivity index (χ1v) is 7.61. The lowest BCUT2D eigenvalue weighted by atomic mass is 9.99. The van der Waals surface area contributed by atoms with E-state index in [2.05, 4.69) is 0 Å². The molecule has 24 heavy (non-hydrogen) atoms. The lowest BCUT2D eigenvalue weighted by molar-refractivity contribution is 0.0913. The Hall–Kier alpha value is -2.22. The maximum absolute atomic E-state index is 13.4. The van der Waals surface area contributed by atoms with Gasteiger partial charge in [0, 0.05) is 30.2 Å². The van der Waals surface area contributed by atoms with E-state index in [1.54, 1.807) is 0 Å². The summed E-state index contributed by atoms with van der Waals surface area (Å²) in [7, 11) is 0. The van der Waals surface area contributed by atoms with Crippen LogP contribution in [-0.2, 0) is 0 Å². The Kier molecular flexibility index (Phi) is 4.66. The molecular weight excluding hydrogens is 348 g/mol. The number of ketones is 1. The van der Waals surface area contributed by atoms with Crippen LogP contribution in [0.2, 0.25) is 0 Å². The highest BCUT2D eigenvalue weighted by atomic mass is 32.2. The van der Waals surface area contributed by atoms with Gasteiger partial charge in [0.15, 0.2) is 5.78 Å². The molecular formula is C16H10F4O3S. The fourth-order valence-electron chi connectivity index (χ4n) is 2.33. The fraction of sp³-hybridized carbons (Fsp3) is 0.188. The standard InChI is InChI=1S/C16H10F4O3S/c17-8-5-9(18)7-10(6-8)23-24-13-2-1-12-14(15(13)16(19)20)11(21)3-4-22-12/h1-2,5-7,16H,3-4H2. The molecule has 8 heteroatoms. The van der Waals surface area contributed by atoms with E-state index in [1.165, 1.54) is 12.1 Å². The summed E-state index contributed by atoms with van der Waals surface area (Å²) in [4.78, 5) is 11.9. The Labute approximate surface area is 138 Å². The number of carbonyl (C=O) groups excluding carboxylic acids is 1. The number of hydrogen-bond donors (Lipinski definition) is 0.